The number of benzene rings is 5. The second kappa shape index (κ2) is 16.2. The van der Waals surface area contributed by atoms with E-state index in [1.54, 1.807) is 42.5 Å². The summed E-state index contributed by atoms with van der Waals surface area (Å²) in [4.78, 5) is 8.97. The molecule has 8 aromatic rings. The van der Waals surface area contributed by atoms with Crippen LogP contribution in [0.25, 0.3) is 66.4 Å². The minimum atomic E-state index is -2.55. The number of aromatic nitrogens is 2. The van der Waals surface area contributed by atoms with Crippen molar-refractivity contribution in [3.05, 3.63) is 155 Å². The molecule has 0 aliphatic rings. The molecule has 3 nitrogen and oxygen atoms in total. The molecule has 275 valence electrons. The molecule has 0 bridgehead atoms. The molecule has 3 aromatic heterocycles. The third kappa shape index (κ3) is 7.83. The first kappa shape index (κ1) is 27.7. The van der Waals surface area contributed by atoms with Gasteiger partial charge >= 0.3 is 0 Å². The molecule has 8 rings (SSSR count). The molecule has 0 spiro atoms. The van der Waals surface area contributed by atoms with Gasteiger partial charge in [-0.15, -0.1) is 53.6 Å². The molecule has 0 aliphatic heterocycles. The van der Waals surface area contributed by atoms with Gasteiger partial charge in [0.1, 0.15) is 5.58 Å². The van der Waals surface area contributed by atoms with E-state index in [9.17, 15) is 0 Å². The molecule has 0 saturated heterocycles. The van der Waals surface area contributed by atoms with Gasteiger partial charge in [-0.2, -0.15) is 0 Å². The molecular weight excluding hydrogens is 837 g/mol. The molecular formula is C50H48IrN2O-2. The van der Waals surface area contributed by atoms with Gasteiger partial charge in [0.15, 0.2) is 0 Å². The normalized spacial score (nSPS) is 15.1. The second-order valence-corrected chi connectivity index (χ2v) is 14.2. The van der Waals surface area contributed by atoms with E-state index in [1.165, 1.54) is 17.8 Å². The Kier molecular flexibility index (Phi) is 8.31. The number of aryl methyl sites for hydroxylation is 3. The number of hydrogen-bond acceptors (Lipinski definition) is 3. The second-order valence-electron chi connectivity index (χ2n) is 14.2. The first-order valence-electron chi connectivity index (χ1n) is 22.9. The molecule has 54 heavy (non-hydrogen) atoms. The number of hydrogen-bond donors (Lipinski definition) is 0. The third-order valence-electron chi connectivity index (χ3n) is 9.77. The van der Waals surface area contributed by atoms with Gasteiger partial charge in [0, 0.05) is 57.0 Å². The Hall–Kier alpha value is -4.89. The van der Waals surface area contributed by atoms with Crippen LogP contribution in [0.1, 0.15) is 94.9 Å². The average Bonchev–Trinajstić information content (AvgIpc) is 3.64. The summed E-state index contributed by atoms with van der Waals surface area (Å²) in [5.74, 6) is -0.954. The number of fused-ring (bicyclic) bond motifs is 5. The van der Waals surface area contributed by atoms with E-state index >= 15 is 0 Å². The van der Waals surface area contributed by atoms with Crippen molar-refractivity contribution >= 4 is 32.7 Å². The molecule has 1 radical (unpaired) electrons. The largest absolute Gasteiger partial charge is 0.500 e. The Balaban J connectivity index is 0.000000272. The smallest absolute Gasteiger partial charge is 0.128 e. The summed E-state index contributed by atoms with van der Waals surface area (Å²) in [7, 11) is 0. The van der Waals surface area contributed by atoms with Crippen molar-refractivity contribution in [1.82, 2.24) is 9.97 Å². The fraction of sp³-hybridized carbons (Fsp3) is 0.240. The van der Waals surface area contributed by atoms with Crippen molar-refractivity contribution in [2.45, 2.75) is 79.3 Å². The standard InChI is InChI=1S/C34H30NO.C16H18N.Ir/c1-5-23(6-2)25-15-16-26(21(3)18-25)31-19-32(35-20-22(31)4)30-13-9-12-28-29-17-14-24-10-7-8-11-27(24)33(29)36-34(28)30;1-12-5-7-13(8-6-12)15-10-9-14(11-17-15)16(2,3)4;/h7-12,14-20,23H,5-6H2,1-4H3;5-7,9-11H,1-4H3;/q2*-1;/i3D3,4D3,23D;1D3;. The zero-order chi connectivity index (χ0) is 45.7. The number of pyridine rings is 2. The number of rotatable bonds is 6. The van der Waals surface area contributed by atoms with E-state index < -0.39 is 26.4 Å². The Morgan fingerprint density at radius 2 is 1.52 bits per heavy atom. The average molecular weight is 895 g/mol. The Morgan fingerprint density at radius 3 is 2.22 bits per heavy atom. The van der Waals surface area contributed by atoms with Crippen LogP contribution in [0.4, 0.5) is 0 Å². The van der Waals surface area contributed by atoms with Gasteiger partial charge in [0.2, 0.25) is 0 Å². The quantitative estimate of drug-likeness (QED) is 0.156. The first-order valence-corrected chi connectivity index (χ1v) is 17.9. The van der Waals surface area contributed by atoms with Crippen LogP contribution in [0.5, 0.6) is 0 Å². The molecule has 0 unspecified atom stereocenters. The van der Waals surface area contributed by atoms with Crippen molar-refractivity contribution in [2.24, 2.45) is 0 Å². The fourth-order valence-corrected chi connectivity index (χ4v) is 6.71. The molecule has 0 saturated carbocycles. The minimum Gasteiger partial charge on any atom is -0.500 e. The van der Waals surface area contributed by atoms with Gasteiger partial charge in [0.25, 0.3) is 0 Å². The van der Waals surface area contributed by atoms with Crippen molar-refractivity contribution in [3.63, 3.8) is 0 Å². The van der Waals surface area contributed by atoms with Gasteiger partial charge in [-0.05, 0) is 88.0 Å². The molecule has 0 N–H and O–H groups in total. The summed E-state index contributed by atoms with van der Waals surface area (Å²) in [5.41, 5.74) is 6.45. The van der Waals surface area contributed by atoms with Gasteiger partial charge in [-0.25, -0.2) is 0 Å². The molecule has 0 amide bonds. The monoisotopic (exact) mass is 895 g/mol. The Bertz CT molecular complexity index is 2870. The molecule has 3 heterocycles. The van der Waals surface area contributed by atoms with E-state index in [2.05, 4.69) is 42.9 Å². The van der Waals surface area contributed by atoms with Crippen LogP contribution in [0, 0.1) is 32.7 Å². The maximum absolute atomic E-state index is 8.90. The zero-order valence-electron chi connectivity index (χ0n) is 41.0. The SMILES string of the molecule is [2H]C([2H])([2H])c1c[c-]c(-c2ccc(C(C)(C)C)cn2)cc1.[2H]C([2H])([2H])c1cnc(-c2[c-]ccc3c2oc2c4ccccc4ccc32)cc1-c1ccc(C([2H])(CC)CC)cc1C([2H])([2H])[2H].[Ir]. The first-order chi connectivity index (χ1) is 29.5. The topological polar surface area (TPSA) is 38.9 Å². The van der Waals surface area contributed by atoms with E-state index in [0.29, 0.717) is 40.8 Å². The van der Waals surface area contributed by atoms with Crippen LogP contribution in [-0.2, 0) is 25.5 Å². The Morgan fingerprint density at radius 1 is 0.722 bits per heavy atom. The van der Waals surface area contributed by atoms with Gasteiger partial charge < -0.3 is 14.4 Å². The summed E-state index contributed by atoms with van der Waals surface area (Å²) in [6, 6.07) is 37.4. The van der Waals surface area contributed by atoms with Crippen LogP contribution < -0.4 is 0 Å². The van der Waals surface area contributed by atoms with E-state index in [4.69, 9.17) is 18.1 Å². The summed E-state index contributed by atoms with van der Waals surface area (Å²) >= 11 is 0. The molecule has 4 heteroatoms. The predicted octanol–water partition coefficient (Wildman–Crippen LogP) is 13.9. The number of nitrogens with zero attached hydrogens (tertiary/aromatic N) is 2. The molecule has 0 aliphatic carbocycles. The van der Waals surface area contributed by atoms with Gasteiger partial charge in [0.05, 0.1) is 5.58 Å². The molecule has 0 atom stereocenters. The van der Waals surface area contributed by atoms with E-state index in [1.807, 2.05) is 74.6 Å². The van der Waals surface area contributed by atoms with Crippen LogP contribution in [0.2, 0.25) is 0 Å². The number of furan rings is 1. The minimum absolute atomic E-state index is 0. The maximum Gasteiger partial charge on any atom is 0.128 e. The third-order valence-corrected chi connectivity index (χ3v) is 9.77. The van der Waals surface area contributed by atoms with E-state index in [-0.39, 0.29) is 47.8 Å². The maximum atomic E-state index is 8.90. The summed E-state index contributed by atoms with van der Waals surface area (Å²) < 4.78 is 87.2. The zero-order valence-corrected chi connectivity index (χ0v) is 33.4. The van der Waals surface area contributed by atoms with Crippen molar-refractivity contribution < 1.29 is 38.2 Å². The van der Waals surface area contributed by atoms with Crippen LogP contribution in [0.15, 0.2) is 120 Å². The van der Waals surface area contributed by atoms with Crippen molar-refractivity contribution in [1.29, 1.82) is 0 Å². The van der Waals surface area contributed by atoms with Gasteiger partial charge in [-0.1, -0.05) is 125 Å². The predicted molar refractivity (Wildman–Crippen MR) is 223 cm³/mol. The van der Waals surface area contributed by atoms with Crippen LogP contribution in [0.3, 0.4) is 0 Å². The Labute approximate surface area is 348 Å². The fourth-order valence-electron chi connectivity index (χ4n) is 6.71. The summed E-state index contributed by atoms with van der Waals surface area (Å²) in [6.45, 7) is 3.04. The van der Waals surface area contributed by atoms with Gasteiger partial charge in [-0.3, -0.25) is 0 Å². The van der Waals surface area contributed by atoms with Crippen molar-refractivity contribution in [3.8, 4) is 33.6 Å². The van der Waals surface area contributed by atoms with Crippen LogP contribution in [-0.4, -0.2) is 9.97 Å². The summed E-state index contributed by atoms with van der Waals surface area (Å²) in [5, 5.41) is 3.83. The molecule has 5 aromatic carbocycles. The molecule has 0 fully saturated rings. The van der Waals surface area contributed by atoms with Crippen LogP contribution >= 0.6 is 0 Å². The summed E-state index contributed by atoms with van der Waals surface area (Å²) in [6.07, 6.45) is 4.18. The van der Waals surface area contributed by atoms with Crippen molar-refractivity contribution in [2.75, 3.05) is 0 Å². The van der Waals surface area contributed by atoms with E-state index in [0.717, 1.165) is 38.4 Å².